The molecule has 1 heterocycles. The molecule has 0 aliphatic carbocycles. The largest absolute Gasteiger partial charge is 0.481 e. The average Bonchev–Trinajstić information content (AvgIpc) is 3.16. The van der Waals surface area contributed by atoms with E-state index >= 15 is 0 Å². The van der Waals surface area contributed by atoms with Crippen molar-refractivity contribution in [1.82, 2.24) is 5.43 Å². The van der Waals surface area contributed by atoms with Crippen LogP contribution < -0.4 is 15.1 Å². The molecule has 0 spiro atoms. The number of nitrogens with zero attached hydrogens (tertiary/aromatic N) is 2. The van der Waals surface area contributed by atoms with Gasteiger partial charge in [0, 0.05) is 22.1 Å². The van der Waals surface area contributed by atoms with Gasteiger partial charge in [-0.15, -0.1) is 0 Å². The molecule has 4 aromatic rings. The smallest absolute Gasteiger partial charge is 0.341 e. The summed E-state index contributed by atoms with van der Waals surface area (Å²) >= 11 is 0. The number of aliphatic carboxylic acids is 1. The summed E-state index contributed by atoms with van der Waals surface area (Å²) in [6.45, 7) is -0.0897. The highest BCUT2D eigenvalue weighted by atomic mass is 16.5. The van der Waals surface area contributed by atoms with Crippen LogP contribution in [-0.4, -0.2) is 35.7 Å². The van der Waals surface area contributed by atoms with Crippen molar-refractivity contribution in [3.8, 4) is 5.75 Å². The van der Waals surface area contributed by atoms with Gasteiger partial charge in [0.2, 0.25) is 0 Å². The maximum absolute atomic E-state index is 13.0. The topological polar surface area (TPSA) is 108 Å². The Kier molecular flexibility index (Phi) is 6.15. The summed E-state index contributed by atoms with van der Waals surface area (Å²) in [6.07, 6.45) is 1.39. The Bertz CT molecular complexity index is 1510. The second kappa shape index (κ2) is 9.71. The first kappa shape index (κ1) is 22.8. The fourth-order valence-electron chi connectivity index (χ4n) is 4.16. The summed E-state index contributed by atoms with van der Waals surface area (Å²) in [4.78, 5) is 38.0. The van der Waals surface area contributed by atoms with Crippen molar-refractivity contribution < 1.29 is 24.2 Å². The average molecular weight is 479 g/mol. The summed E-state index contributed by atoms with van der Waals surface area (Å²) in [6, 6.07) is 25.4. The third-order valence-electron chi connectivity index (χ3n) is 5.85. The molecule has 0 radical (unpaired) electrons. The Balaban J connectivity index is 1.24. The maximum Gasteiger partial charge on any atom is 0.341 e. The van der Waals surface area contributed by atoms with E-state index in [2.05, 4.69) is 10.5 Å². The van der Waals surface area contributed by atoms with Crippen molar-refractivity contribution >= 4 is 40.5 Å². The number of nitrogens with one attached hydrogen (secondary N) is 1. The highest BCUT2D eigenvalue weighted by Gasteiger charge is 2.29. The first-order valence-corrected chi connectivity index (χ1v) is 11.2. The van der Waals surface area contributed by atoms with Gasteiger partial charge in [0.25, 0.3) is 11.8 Å². The van der Waals surface area contributed by atoms with Crippen LogP contribution in [0.2, 0.25) is 0 Å². The lowest BCUT2D eigenvalue weighted by atomic mass is 10.1. The lowest BCUT2D eigenvalue weighted by Gasteiger charge is -2.18. The minimum atomic E-state index is -1.09. The summed E-state index contributed by atoms with van der Waals surface area (Å²) in [5.41, 5.74) is 5.87. The van der Waals surface area contributed by atoms with Crippen molar-refractivity contribution in [1.29, 1.82) is 0 Å². The highest BCUT2D eigenvalue weighted by molar-refractivity contribution is 6.24. The Morgan fingerprint density at radius 1 is 0.944 bits per heavy atom. The van der Waals surface area contributed by atoms with E-state index in [1.165, 1.54) is 6.21 Å². The number of hydrogen-bond donors (Lipinski definition) is 2. The summed E-state index contributed by atoms with van der Waals surface area (Å²) in [5.74, 6) is -1.19. The molecule has 36 heavy (non-hydrogen) atoms. The number of benzene rings is 4. The molecule has 0 unspecified atom stereocenters. The molecule has 1 aliphatic rings. The molecule has 4 aromatic carbocycles. The van der Waals surface area contributed by atoms with Crippen LogP contribution in [0.25, 0.3) is 10.8 Å². The number of rotatable bonds is 8. The van der Waals surface area contributed by atoms with Gasteiger partial charge in [-0.05, 0) is 47.3 Å². The molecular weight excluding hydrogens is 458 g/mol. The van der Waals surface area contributed by atoms with Gasteiger partial charge in [-0.2, -0.15) is 5.10 Å². The molecule has 178 valence electrons. The van der Waals surface area contributed by atoms with Crippen molar-refractivity contribution in [3.63, 3.8) is 0 Å². The molecule has 2 N–H and O–H groups in total. The molecule has 8 heteroatoms. The van der Waals surface area contributed by atoms with E-state index < -0.39 is 18.5 Å². The van der Waals surface area contributed by atoms with Gasteiger partial charge in [0.05, 0.1) is 18.4 Å². The Morgan fingerprint density at radius 2 is 1.69 bits per heavy atom. The number of carbonyl (C=O) groups excluding carboxylic acids is 2. The number of carboxylic acid groups (broad SMARTS) is 1. The summed E-state index contributed by atoms with van der Waals surface area (Å²) < 4.78 is 5.22. The Hall–Kier alpha value is -4.98. The van der Waals surface area contributed by atoms with Gasteiger partial charge in [0.15, 0.2) is 6.61 Å². The van der Waals surface area contributed by atoms with Crippen molar-refractivity contribution in [3.05, 3.63) is 107 Å². The normalized spacial score (nSPS) is 12.3. The first-order valence-electron chi connectivity index (χ1n) is 11.2. The fourth-order valence-corrected chi connectivity index (χ4v) is 4.16. The fraction of sp³-hybridized carbons (Fsp3) is 0.0714. The van der Waals surface area contributed by atoms with E-state index in [9.17, 15) is 14.4 Å². The monoisotopic (exact) mass is 479 g/mol. The molecule has 2 amide bonds. The third-order valence-corrected chi connectivity index (χ3v) is 5.85. The number of anilines is 1. The van der Waals surface area contributed by atoms with E-state index in [-0.39, 0.29) is 5.91 Å². The van der Waals surface area contributed by atoms with Crippen LogP contribution in [0.5, 0.6) is 5.75 Å². The molecule has 0 fully saturated rings. The van der Waals surface area contributed by atoms with Crippen LogP contribution in [0.4, 0.5) is 5.69 Å². The van der Waals surface area contributed by atoms with Crippen LogP contribution in [0, 0.1) is 0 Å². The van der Waals surface area contributed by atoms with Gasteiger partial charge in [-0.1, -0.05) is 48.5 Å². The molecule has 8 nitrogen and oxygen atoms in total. The zero-order valence-corrected chi connectivity index (χ0v) is 19.0. The molecule has 0 bridgehead atoms. The molecular formula is C28H21N3O5. The lowest BCUT2D eigenvalue weighted by molar-refractivity contribution is -0.139. The van der Waals surface area contributed by atoms with Gasteiger partial charge in [-0.25, -0.2) is 10.2 Å². The van der Waals surface area contributed by atoms with Gasteiger partial charge < -0.3 is 14.7 Å². The Labute approximate surface area is 206 Å². The van der Waals surface area contributed by atoms with E-state index in [0.29, 0.717) is 29.0 Å². The molecule has 0 atom stereocenters. The van der Waals surface area contributed by atoms with E-state index in [1.54, 1.807) is 41.3 Å². The number of carboxylic acids is 1. The molecule has 5 rings (SSSR count). The minimum absolute atomic E-state index is 0.0365. The zero-order valence-electron chi connectivity index (χ0n) is 19.0. The first-order chi connectivity index (χ1) is 17.5. The zero-order chi connectivity index (χ0) is 25.1. The number of hydrazone groups is 1. The highest BCUT2D eigenvalue weighted by Crippen LogP contribution is 2.37. The third kappa shape index (κ3) is 4.52. The predicted octanol–water partition coefficient (Wildman–Crippen LogP) is 4.23. The summed E-state index contributed by atoms with van der Waals surface area (Å²) in [7, 11) is 0. The van der Waals surface area contributed by atoms with Crippen LogP contribution in [0.1, 0.15) is 31.8 Å². The molecule has 1 aliphatic heterocycles. The quantitative estimate of drug-likeness (QED) is 0.291. The standard InChI is InChI=1S/C28H21N3O5/c32-25(33)17-36-24-10-2-1-5-21(24)15-29-30-27(34)20-13-11-18(12-14-20)16-31-23-9-4-7-19-6-3-8-22(26(19)23)28(31)35/h1-15H,16-17H2,(H,30,34)(H,32,33). The number of amides is 2. The second-order valence-electron chi connectivity index (χ2n) is 8.19. The minimum Gasteiger partial charge on any atom is -0.481 e. The molecule has 0 saturated heterocycles. The second-order valence-corrected chi connectivity index (χ2v) is 8.19. The number of ether oxygens (including phenoxy) is 1. The summed E-state index contributed by atoms with van der Waals surface area (Å²) in [5, 5.41) is 14.8. The lowest BCUT2D eigenvalue weighted by Crippen LogP contribution is -2.26. The number of hydrogen-bond acceptors (Lipinski definition) is 5. The number of para-hydroxylation sites is 1. The van der Waals surface area contributed by atoms with Crippen LogP contribution in [0.3, 0.4) is 0 Å². The van der Waals surface area contributed by atoms with Crippen molar-refractivity contribution in [2.24, 2.45) is 5.10 Å². The van der Waals surface area contributed by atoms with Crippen molar-refractivity contribution in [2.75, 3.05) is 11.5 Å². The van der Waals surface area contributed by atoms with Gasteiger partial charge >= 0.3 is 5.97 Å². The van der Waals surface area contributed by atoms with Crippen molar-refractivity contribution in [2.45, 2.75) is 6.54 Å². The maximum atomic E-state index is 13.0. The van der Waals surface area contributed by atoms with Crippen LogP contribution in [0.15, 0.2) is 90.0 Å². The van der Waals surface area contributed by atoms with E-state index in [4.69, 9.17) is 9.84 Å². The van der Waals surface area contributed by atoms with E-state index in [0.717, 1.165) is 22.0 Å². The molecule has 0 aromatic heterocycles. The van der Waals surface area contributed by atoms with Crippen LogP contribution >= 0.6 is 0 Å². The van der Waals surface area contributed by atoms with Gasteiger partial charge in [-0.3, -0.25) is 9.59 Å². The van der Waals surface area contributed by atoms with Gasteiger partial charge in [0.1, 0.15) is 5.75 Å². The SMILES string of the molecule is O=C(O)COc1ccccc1C=NNC(=O)c1ccc(CN2C(=O)c3cccc4cccc2c34)cc1. The Morgan fingerprint density at radius 3 is 2.47 bits per heavy atom. The molecule has 0 saturated carbocycles. The van der Waals surface area contributed by atoms with Crippen LogP contribution in [-0.2, 0) is 11.3 Å². The number of carbonyl (C=O) groups is 3. The predicted molar refractivity (Wildman–Crippen MR) is 136 cm³/mol. The van der Waals surface area contributed by atoms with E-state index in [1.807, 2.05) is 48.5 Å².